The summed E-state index contributed by atoms with van der Waals surface area (Å²) in [5.41, 5.74) is 6.86. The Morgan fingerprint density at radius 3 is 2.94 bits per heavy atom. The molecule has 0 amide bonds. The molecule has 2 rings (SSSR count). The lowest BCUT2D eigenvalue weighted by Gasteiger charge is -2.15. The van der Waals surface area contributed by atoms with Crippen LogP contribution in [0.4, 0.5) is 4.39 Å². The van der Waals surface area contributed by atoms with Gasteiger partial charge in [-0.1, -0.05) is 15.9 Å². The second kappa shape index (κ2) is 4.75. The standard InChI is InChI=1S/C12H15BrFNO2Si/c1-3-17-11(16)10-12(15,18-10)8-5-7(13)4-6(2)9(8)14/h4-5,10H,3,15,18H2,1-2H3/t10?,12-/m1/s1. The third kappa shape index (κ3) is 2.24. The van der Waals surface area contributed by atoms with Crippen molar-refractivity contribution >= 4 is 31.4 Å². The van der Waals surface area contributed by atoms with Gasteiger partial charge in [-0.05, 0) is 31.5 Å². The minimum atomic E-state index is -0.879. The van der Waals surface area contributed by atoms with Crippen LogP contribution in [-0.2, 0) is 14.7 Å². The molecular weight excluding hydrogens is 317 g/mol. The fourth-order valence-electron chi connectivity index (χ4n) is 2.18. The molecule has 1 heterocycles. The predicted octanol–water partition coefficient (Wildman–Crippen LogP) is 1.54. The molecule has 2 atom stereocenters. The molecule has 98 valence electrons. The molecule has 1 aromatic rings. The SMILES string of the molecule is CCOC(=O)C1[SiH2][C@]1(N)c1cc(Br)cc(C)c1F. The number of benzene rings is 1. The second-order valence-corrected chi connectivity index (χ2v) is 7.94. The van der Waals surface area contributed by atoms with Crippen molar-refractivity contribution in [2.45, 2.75) is 24.6 Å². The van der Waals surface area contributed by atoms with Crippen molar-refractivity contribution in [2.75, 3.05) is 6.61 Å². The van der Waals surface area contributed by atoms with Crippen LogP contribution in [0.2, 0.25) is 5.54 Å². The third-order valence-electron chi connectivity index (χ3n) is 3.30. The maximum absolute atomic E-state index is 14.1. The van der Waals surface area contributed by atoms with Crippen LogP contribution in [0.15, 0.2) is 16.6 Å². The second-order valence-electron chi connectivity index (χ2n) is 4.63. The first-order chi connectivity index (χ1) is 8.40. The summed E-state index contributed by atoms with van der Waals surface area (Å²) in [6.45, 7) is 3.78. The van der Waals surface area contributed by atoms with E-state index in [0.717, 1.165) is 4.47 Å². The molecule has 3 nitrogen and oxygen atoms in total. The van der Waals surface area contributed by atoms with Gasteiger partial charge in [-0.25, -0.2) is 4.39 Å². The van der Waals surface area contributed by atoms with Crippen LogP contribution < -0.4 is 5.73 Å². The number of nitrogens with two attached hydrogens (primary N) is 1. The third-order valence-corrected chi connectivity index (χ3v) is 6.16. The molecular formula is C12H15BrFNO2Si. The van der Waals surface area contributed by atoms with Gasteiger partial charge in [0.25, 0.3) is 0 Å². The fourth-order valence-corrected chi connectivity index (χ4v) is 4.46. The lowest BCUT2D eigenvalue weighted by atomic mass is 10.0. The molecule has 6 heteroatoms. The number of hydrogen-bond acceptors (Lipinski definition) is 3. The summed E-state index contributed by atoms with van der Waals surface area (Å²) in [5.74, 6) is -0.594. The number of rotatable bonds is 3. The average molecular weight is 332 g/mol. The van der Waals surface area contributed by atoms with Gasteiger partial charge < -0.3 is 10.5 Å². The molecule has 1 aliphatic rings. The zero-order valence-corrected chi connectivity index (χ0v) is 13.3. The predicted molar refractivity (Wildman–Crippen MR) is 73.6 cm³/mol. The van der Waals surface area contributed by atoms with E-state index in [0.29, 0.717) is 17.7 Å². The first-order valence-electron chi connectivity index (χ1n) is 5.81. The van der Waals surface area contributed by atoms with Gasteiger partial charge in [-0.3, -0.25) is 4.79 Å². The van der Waals surface area contributed by atoms with Crippen molar-refractivity contribution in [1.82, 2.24) is 0 Å². The van der Waals surface area contributed by atoms with Gasteiger partial charge in [0, 0.05) is 15.2 Å². The van der Waals surface area contributed by atoms with E-state index >= 15 is 0 Å². The van der Waals surface area contributed by atoms with Gasteiger partial charge in [-0.15, -0.1) is 0 Å². The van der Waals surface area contributed by atoms with E-state index in [2.05, 4.69) is 15.9 Å². The number of halogens is 2. The average Bonchev–Trinajstić information content (AvgIpc) is 2.98. The number of esters is 1. The van der Waals surface area contributed by atoms with Crippen molar-refractivity contribution in [3.8, 4) is 0 Å². The zero-order valence-electron chi connectivity index (χ0n) is 10.3. The van der Waals surface area contributed by atoms with E-state index < -0.39 is 14.7 Å². The van der Waals surface area contributed by atoms with E-state index in [4.69, 9.17) is 10.5 Å². The molecule has 2 N–H and O–H groups in total. The van der Waals surface area contributed by atoms with E-state index in [1.165, 1.54) is 0 Å². The number of aryl methyl sites for hydroxylation is 1. The van der Waals surface area contributed by atoms with Gasteiger partial charge in [0.1, 0.15) is 5.82 Å². The number of ether oxygens (including phenoxy) is 1. The molecule has 1 fully saturated rings. The Labute approximate surface area is 116 Å². The van der Waals surface area contributed by atoms with E-state index in [1.54, 1.807) is 26.0 Å². The summed E-state index contributed by atoms with van der Waals surface area (Å²) < 4.78 is 19.9. The number of hydrogen-bond donors (Lipinski definition) is 1. The van der Waals surface area contributed by atoms with Crippen molar-refractivity contribution < 1.29 is 13.9 Å². The topological polar surface area (TPSA) is 52.3 Å². The Hall–Kier alpha value is -0.723. The maximum atomic E-state index is 14.1. The lowest BCUT2D eigenvalue weighted by Crippen LogP contribution is -2.26. The van der Waals surface area contributed by atoms with Crippen molar-refractivity contribution in [1.29, 1.82) is 0 Å². The maximum Gasteiger partial charge on any atom is 0.307 e. The van der Waals surface area contributed by atoms with Crippen LogP contribution >= 0.6 is 15.9 Å². The Morgan fingerprint density at radius 2 is 2.33 bits per heavy atom. The highest BCUT2D eigenvalue weighted by Crippen LogP contribution is 2.48. The highest BCUT2D eigenvalue weighted by molar-refractivity contribution is 9.10. The largest absolute Gasteiger partial charge is 0.466 e. The molecule has 1 aliphatic heterocycles. The van der Waals surface area contributed by atoms with Crippen LogP contribution in [0.3, 0.4) is 0 Å². The minimum Gasteiger partial charge on any atom is -0.466 e. The summed E-state index contributed by atoms with van der Waals surface area (Å²) in [4.78, 5) is 11.7. The van der Waals surface area contributed by atoms with Crippen LogP contribution in [0, 0.1) is 12.7 Å². The first kappa shape index (κ1) is 13.7. The van der Waals surface area contributed by atoms with Gasteiger partial charge in [0.05, 0.1) is 21.7 Å². The normalized spacial score (nSPS) is 27.3. The van der Waals surface area contributed by atoms with Crippen molar-refractivity contribution in [3.05, 3.63) is 33.5 Å². The zero-order chi connectivity index (χ0) is 13.5. The quantitative estimate of drug-likeness (QED) is 0.675. The molecule has 1 aromatic carbocycles. The number of carbonyl (C=O) groups is 1. The summed E-state index contributed by atoms with van der Waals surface area (Å²) in [6, 6.07) is 3.38. The molecule has 0 bridgehead atoms. The van der Waals surface area contributed by atoms with E-state index in [-0.39, 0.29) is 17.3 Å². The Kier molecular flexibility index (Phi) is 3.62. The monoisotopic (exact) mass is 331 g/mol. The van der Waals surface area contributed by atoms with Crippen molar-refractivity contribution in [3.63, 3.8) is 0 Å². The lowest BCUT2D eigenvalue weighted by molar-refractivity contribution is -0.142. The van der Waals surface area contributed by atoms with Crippen LogP contribution in [0.5, 0.6) is 0 Å². The highest BCUT2D eigenvalue weighted by atomic mass is 79.9. The summed E-state index contributed by atoms with van der Waals surface area (Å²) in [7, 11) is -0.879. The summed E-state index contributed by atoms with van der Waals surface area (Å²) in [6.07, 6.45) is 0. The number of carbonyl (C=O) groups excluding carboxylic acids is 1. The first-order valence-corrected chi connectivity index (χ1v) is 8.13. The van der Waals surface area contributed by atoms with Gasteiger partial charge in [0.2, 0.25) is 0 Å². The van der Waals surface area contributed by atoms with E-state index in [9.17, 15) is 9.18 Å². The molecule has 0 radical (unpaired) electrons. The van der Waals surface area contributed by atoms with Gasteiger partial charge in [0.15, 0.2) is 0 Å². The smallest absolute Gasteiger partial charge is 0.307 e. The summed E-state index contributed by atoms with van der Waals surface area (Å²) in [5, 5.41) is -0.787. The summed E-state index contributed by atoms with van der Waals surface area (Å²) >= 11 is 3.33. The van der Waals surface area contributed by atoms with Gasteiger partial charge >= 0.3 is 5.97 Å². The molecule has 0 aliphatic carbocycles. The highest BCUT2D eigenvalue weighted by Gasteiger charge is 2.59. The van der Waals surface area contributed by atoms with E-state index in [1.807, 2.05) is 0 Å². The van der Waals surface area contributed by atoms with Crippen LogP contribution in [0.25, 0.3) is 0 Å². The molecule has 0 saturated carbocycles. The van der Waals surface area contributed by atoms with Gasteiger partial charge in [-0.2, -0.15) is 0 Å². The molecule has 1 unspecified atom stereocenters. The molecule has 0 aromatic heterocycles. The molecule has 1 saturated heterocycles. The fraction of sp³-hybridized carbons (Fsp3) is 0.417. The van der Waals surface area contributed by atoms with Crippen LogP contribution in [-0.4, -0.2) is 22.1 Å². The van der Waals surface area contributed by atoms with Crippen LogP contribution in [0.1, 0.15) is 18.1 Å². The Bertz CT molecular complexity index is 511. The Morgan fingerprint density at radius 1 is 1.67 bits per heavy atom. The molecule has 0 spiro atoms. The minimum absolute atomic E-state index is 0.288. The Balaban J connectivity index is 2.31. The molecule has 18 heavy (non-hydrogen) atoms. The van der Waals surface area contributed by atoms with Crippen molar-refractivity contribution in [2.24, 2.45) is 5.73 Å².